The molecule has 2 aliphatic rings. The van der Waals surface area contributed by atoms with Gasteiger partial charge < -0.3 is 0 Å². The quantitative estimate of drug-likeness (QED) is 0.747. The molecule has 0 spiro atoms. The van der Waals surface area contributed by atoms with E-state index in [4.69, 9.17) is 5.26 Å². The molecular weight excluding hydrogens is 218 g/mol. The average Bonchev–Trinajstić information content (AvgIpc) is 2.91. The fourth-order valence-electron chi connectivity index (χ4n) is 2.79. The summed E-state index contributed by atoms with van der Waals surface area (Å²) in [6.07, 6.45) is 5.80. The fourth-order valence-corrected chi connectivity index (χ4v) is 3.87. The molecule has 0 amide bonds. The summed E-state index contributed by atoms with van der Waals surface area (Å²) in [5.41, 5.74) is 3.28. The molecule has 1 saturated heterocycles. The number of hydrogen-bond acceptors (Lipinski definition) is 3. The maximum Gasteiger partial charge on any atom is 0.165 e. The van der Waals surface area contributed by atoms with Crippen molar-refractivity contribution in [2.24, 2.45) is 0 Å². The second-order valence-corrected chi connectivity index (χ2v) is 5.75. The van der Waals surface area contributed by atoms with E-state index < -0.39 is 0 Å². The molecule has 2 heterocycles. The van der Waals surface area contributed by atoms with E-state index in [9.17, 15) is 0 Å². The maximum absolute atomic E-state index is 9.08. The highest BCUT2D eigenvalue weighted by atomic mass is 32.2. The van der Waals surface area contributed by atoms with Crippen molar-refractivity contribution in [1.29, 1.82) is 5.26 Å². The molecule has 1 aliphatic heterocycles. The van der Waals surface area contributed by atoms with Gasteiger partial charge in [0.2, 0.25) is 0 Å². The van der Waals surface area contributed by atoms with E-state index in [1.165, 1.54) is 42.0 Å². The zero-order valence-corrected chi connectivity index (χ0v) is 10.1. The number of aromatic nitrogens is 2. The Labute approximate surface area is 99.8 Å². The van der Waals surface area contributed by atoms with Gasteiger partial charge in [0.15, 0.2) is 5.69 Å². The van der Waals surface area contributed by atoms with Crippen molar-refractivity contribution < 1.29 is 0 Å². The van der Waals surface area contributed by atoms with Crippen LogP contribution in [-0.4, -0.2) is 21.3 Å². The van der Waals surface area contributed by atoms with Gasteiger partial charge >= 0.3 is 0 Å². The minimum atomic E-state index is 0.551. The van der Waals surface area contributed by atoms with Crippen LogP contribution < -0.4 is 0 Å². The SMILES string of the molecule is N#Cc1nn(C2CCSCC2)c2c1CCC2. The first-order valence-electron chi connectivity index (χ1n) is 5.98. The molecular formula is C12H15N3S. The third-order valence-electron chi connectivity index (χ3n) is 3.60. The standard InChI is InChI=1S/C12H15N3S/c13-8-11-10-2-1-3-12(10)15(14-11)9-4-6-16-7-5-9/h9H,1-7H2. The van der Waals surface area contributed by atoms with Crippen LogP contribution in [0, 0.1) is 11.3 Å². The van der Waals surface area contributed by atoms with Crippen molar-refractivity contribution >= 4 is 11.8 Å². The first-order chi connectivity index (χ1) is 7.90. The van der Waals surface area contributed by atoms with Crippen LogP contribution in [0.5, 0.6) is 0 Å². The molecule has 0 bridgehead atoms. The molecule has 1 aliphatic carbocycles. The number of hydrogen-bond donors (Lipinski definition) is 0. The van der Waals surface area contributed by atoms with Gasteiger partial charge in [-0.1, -0.05) is 0 Å². The zero-order valence-electron chi connectivity index (χ0n) is 9.28. The number of thioether (sulfide) groups is 1. The van der Waals surface area contributed by atoms with E-state index in [1.807, 2.05) is 11.8 Å². The summed E-state index contributed by atoms with van der Waals surface area (Å²) in [4.78, 5) is 0. The van der Waals surface area contributed by atoms with Gasteiger partial charge in [-0.2, -0.15) is 22.1 Å². The normalized spacial score (nSPS) is 20.7. The smallest absolute Gasteiger partial charge is 0.165 e. The molecule has 3 nitrogen and oxygen atoms in total. The topological polar surface area (TPSA) is 41.6 Å². The molecule has 3 rings (SSSR count). The van der Waals surface area contributed by atoms with E-state index in [-0.39, 0.29) is 0 Å². The Kier molecular flexibility index (Phi) is 2.64. The van der Waals surface area contributed by atoms with Crippen LogP contribution in [0.1, 0.15) is 42.3 Å². The number of rotatable bonds is 1. The molecule has 4 heteroatoms. The van der Waals surface area contributed by atoms with Gasteiger partial charge in [0.1, 0.15) is 6.07 Å². The third-order valence-corrected chi connectivity index (χ3v) is 4.65. The number of nitrogens with zero attached hydrogens (tertiary/aromatic N) is 3. The van der Waals surface area contributed by atoms with Gasteiger partial charge in [-0.15, -0.1) is 0 Å². The first kappa shape index (κ1) is 10.2. The van der Waals surface area contributed by atoms with E-state index >= 15 is 0 Å². The van der Waals surface area contributed by atoms with Crippen LogP contribution in [-0.2, 0) is 12.8 Å². The summed E-state index contributed by atoms with van der Waals surface area (Å²) in [5.74, 6) is 2.47. The molecule has 0 unspecified atom stereocenters. The van der Waals surface area contributed by atoms with Gasteiger partial charge in [-0.3, -0.25) is 4.68 Å². The van der Waals surface area contributed by atoms with Crippen molar-refractivity contribution in [2.45, 2.75) is 38.1 Å². The van der Waals surface area contributed by atoms with Gasteiger partial charge in [0, 0.05) is 11.3 Å². The van der Waals surface area contributed by atoms with Crippen LogP contribution in [0.3, 0.4) is 0 Å². The number of fused-ring (bicyclic) bond motifs is 1. The summed E-state index contributed by atoms with van der Waals surface area (Å²) in [6.45, 7) is 0. The Morgan fingerprint density at radius 1 is 1.31 bits per heavy atom. The summed E-state index contributed by atoms with van der Waals surface area (Å²) in [5, 5.41) is 13.6. The predicted octanol–water partition coefficient (Wildman–Crippen LogP) is 2.31. The highest BCUT2D eigenvalue weighted by Gasteiger charge is 2.26. The largest absolute Gasteiger partial charge is 0.265 e. The van der Waals surface area contributed by atoms with Crippen molar-refractivity contribution in [3.8, 4) is 6.07 Å². The minimum absolute atomic E-state index is 0.551. The van der Waals surface area contributed by atoms with E-state index in [2.05, 4.69) is 15.8 Å². The maximum atomic E-state index is 9.08. The molecule has 0 N–H and O–H groups in total. The lowest BCUT2D eigenvalue weighted by atomic mass is 10.1. The Hall–Kier alpha value is -0.950. The summed E-state index contributed by atoms with van der Waals surface area (Å²) >= 11 is 2.03. The van der Waals surface area contributed by atoms with Gasteiger partial charge in [0.25, 0.3) is 0 Å². The van der Waals surface area contributed by atoms with Crippen LogP contribution in [0.4, 0.5) is 0 Å². The molecule has 0 radical (unpaired) electrons. The molecule has 1 aromatic heterocycles. The Bertz CT molecular complexity index is 438. The molecule has 0 atom stereocenters. The van der Waals surface area contributed by atoms with Gasteiger partial charge in [-0.25, -0.2) is 0 Å². The van der Waals surface area contributed by atoms with Crippen LogP contribution in [0.2, 0.25) is 0 Å². The highest BCUT2D eigenvalue weighted by Crippen LogP contribution is 2.32. The molecule has 0 aromatic carbocycles. The third kappa shape index (κ3) is 1.54. The second-order valence-electron chi connectivity index (χ2n) is 4.53. The van der Waals surface area contributed by atoms with Crippen molar-refractivity contribution in [3.05, 3.63) is 17.0 Å². The van der Waals surface area contributed by atoms with E-state index in [0.29, 0.717) is 11.7 Å². The predicted molar refractivity (Wildman–Crippen MR) is 64.6 cm³/mol. The average molecular weight is 233 g/mol. The van der Waals surface area contributed by atoms with Crippen molar-refractivity contribution in [3.63, 3.8) is 0 Å². The van der Waals surface area contributed by atoms with E-state index in [0.717, 1.165) is 12.8 Å². The van der Waals surface area contributed by atoms with Crippen molar-refractivity contribution in [1.82, 2.24) is 9.78 Å². The lowest BCUT2D eigenvalue weighted by molar-refractivity contribution is 0.413. The Morgan fingerprint density at radius 3 is 2.88 bits per heavy atom. The zero-order chi connectivity index (χ0) is 11.0. The van der Waals surface area contributed by atoms with Crippen molar-refractivity contribution in [2.75, 3.05) is 11.5 Å². The molecule has 0 saturated carbocycles. The lowest BCUT2D eigenvalue weighted by Gasteiger charge is -2.23. The highest BCUT2D eigenvalue weighted by molar-refractivity contribution is 7.99. The Balaban J connectivity index is 1.98. The molecule has 1 aromatic rings. The minimum Gasteiger partial charge on any atom is -0.265 e. The molecule has 84 valence electrons. The van der Waals surface area contributed by atoms with Gasteiger partial charge in [0.05, 0.1) is 6.04 Å². The van der Waals surface area contributed by atoms with Crippen LogP contribution in [0.25, 0.3) is 0 Å². The fraction of sp³-hybridized carbons (Fsp3) is 0.667. The van der Waals surface area contributed by atoms with Gasteiger partial charge in [-0.05, 0) is 43.6 Å². The summed E-state index contributed by atoms with van der Waals surface area (Å²) in [6, 6.07) is 2.80. The number of nitriles is 1. The second kappa shape index (κ2) is 4.14. The van der Waals surface area contributed by atoms with Crippen LogP contribution >= 0.6 is 11.8 Å². The molecule has 16 heavy (non-hydrogen) atoms. The lowest BCUT2D eigenvalue weighted by Crippen LogP contribution is -2.18. The summed E-state index contributed by atoms with van der Waals surface area (Å²) < 4.78 is 2.18. The Morgan fingerprint density at radius 2 is 2.12 bits per heavy atom. The summed E-state index contributed by atoms with van der Waals surface area (Å²) in [7, 11) is 0. The van der Waals surface area contributed by atoms with Crippen LogP contribution in [0.15, 0.2) is 0 Å². The van der Waals surface area contributed by atoms with E-state index in [1.54, 1.807) is 0 Å². The molecule has 1 fully saturated rings. The monoisotopic (exact) mass is 233 g/mol. The first-order valence-corrected chi connectivity index (χ1v) is 7.13.